The van der Waals surface area contributed by atoms with E-state index in [1.165, 1.54) is 12.4 Å². The number of H-pyrrole nitrogens is 1. The van der Waals surface area contributed by atoms with E-state index in [2.05, 4.69) is 14.9 Å². The van der Waals surface area contributed by atoms with Crippen LogP contribution in [0.2, 0.25) is 0 Å². The first kappa shape index (κ1) is 11.7. The molecule has 17 heavy (non-hydrogen) atoms. The largest absolute Gasteiger partial charge is 0.284 e. The van der Waals surface area contributed by atoms with Crippen molar-refractivity contribution in [1.82, 2.24) is 10.2 Å². The summed E-state index contributed by atoms with van der Waals surface area (Å²) in [7, 11) is -3.55. The Hall–Kier alpha value is -1.82. The highest BCUT2D eigenvalue weighted by molar-refractivity contribution is 7.92. The molecule has 1 aromatic heterocycles. The van der Waals surface area contributed by atoms with Crippen molar-refractivity contribution >= 4 is 15.7 Å². The number of hydrogen-bond donors (Lipinski definition) is 2. The molecule has 2 N–H and O–H groups in total. The molecule has 0 saturated carbocycles. The van der Waals surface area contributed by atoms with Gasteiger partial charge in [0.1, 0.15) is 4.90 Å². The fourth-order valence-electron chi connectivity index (χ4n) is 1.63. The van der Waals surface area contributed by atoms with Crippen LogP contribution in [0.4, 0.5) is 5.69 Å². The topological polar surface area (TPSA) is 74.8 Å². The second kappa shape index (κ2) is 4.21. The highest BCUT2D eigenvalue weighted by Gasteiger charge is 2.15. The lowest BCUT2D eigenvalue weighted by atomic mass is 10.1. The molecule has 0 atom stereocenters. The van der Waals surface area contributed by atoms with Crippen LogP contribution in [0.15, 0.2) is 35.5 Å². The van der Waals surface area contributed by atoms with E-state index >= 15 is 0 Å². The molecule has 0 spiro atoms. The maximum atomic E-state index is 11.9. The van der Waals surface area contributed by atoms with E-state index < -0.39 is 10.0 Å². The van der Waals surface area contributed by atoms with Crippen LogP contribution in [-0.2, 0) is 10.0 Å². The summed E-state index contributed by atoms with van der Waals surface area (Å²) < 4.78 is 26.3. The fourth-order valence-corrected chi connectivity index (χ4v) is 2.58. The lowest BCUT2D eigenvalue weighted by Crippen LogP contribution is -2.12. The predicted octanol–water partition coefficient (Wildman–Crippen LogP) is 1.83. The molecular formula is C11H13N3O2S. The van der Waals surface area contributed by atoms with Crippen LogP contribution in [-0.4, -0.2) is 18.6 Å². The average molecular weight is 251 g/mol. The maximum Gasteiger partial charge on any atom is 0.265 e. The minimum Gasteiger partial charge on any atom is -0.284 e. The summed E-state index contributed by atoms with van der Waals surface area (Å²) in [6.07, 6.45) is 2.61. The van der Waals surface area contributed by atoms with E-state index in [0.29, 0.717) is 5.69 Å². The van der Waals surface area contributed by atoms with Gasteiger partial charge in [0.15, 0.2) is 0 Å². The Morgan fingerprint density at radius 3 is 2.35 bits per heavy atom. The summed E-state index contributed by atoms with van der Waals surface area (Å²) in [5.74, 6) is 0. The number of anilines is 1. The summed E-state index contributed by atoms with van der Waals surface area (Å²) in [5, 5.41) is 6.10. The van der Waals surface area contributed by atoms with Crippen molar-refractivity contribution in [1.29, 1.82) is 0 Å². The number of sulfonamides is 1. The van der Waals surface area contributed by atoms with Crippen LogP contribution < -0.4 is 4.72 Å². The highest BCUT2D eigenvalue weighted by Crippen LogP contribution is 2.18. The molecule has 0 aliphatic heterocycles. The number of aromatic nitrogens is 2. The van der Waals surface area contributed by atoms with Gasteiger partial charge >= 0.3 is 0 Å². The fraction of sp³-hybridized carbons (Fsp3) is 0.182. The Kier molecular flexibility index (Phi) is 2.89. The van der Waals surface area contributed by atoms with Gasteiger partial charge in [-0.1, -0.05) is 6.07 Å². The molecule has 0 amide bonds. The molecule has 0 aliphatic rings. The van der Waals surface area contributed by atoms with Crippen LogP contribution >= 0.6 is 0 Å². The van der Waals surface area contributed by atoms with Crippen molar-refractivity contribution in [3.8, 4) is 0 Å². The molecule has 2 rings (SSSR count). The van der Waals surface area contributed by atoms with Crippen LogP contribution in [0.3, 0.4) is 0 Å². The third kappa shape index (κ3) is 2.65. The van der Waals surface area contributed by atoms with Crippen molar-refractivity contribution in [2.24, 2.45) is 0 Å². The Balaban J connectivity index is 2.33. The highest BCUT2D eigenvalue weighted by atomic mass is 32.2. The van der Waals surface area contributed by atoms with Gasteiger partial charge in [0.2, 0.25) is 0 Å². The first-order valence-corrected chi connectivity index (χ1v) is 6.55. The second-order valence-corrected chi connectivity index (χ2v) is 5.60. The Labute approximate surface area is 99.9 Å². The van der Waals surface area contributed by atoms with Gasteiger partial charge in [-0.2, -0.15) is 5.10 Å². The first-order chi connectivity index (χ1) is 7.97. The minimum atomic E-state index is -3.55. The summed E-state index contributed by atoms with van der Waals surface area (Å²) in [5.41, 5.74) is 2.58. The number of benzene rings is 1. The molecule has 0 fully saturated rings. The predicted molar refractivity (Wildman–Crippen MR) is 65.3 cm³/mol. The van der Waals surface area contributed by atoms with Gasteiger partial charge in [-0.15, -0.1) is 0 Å². The molecule has 1 heterocycles. The van der Waals surface area contributed by atoms with Crippen molar-refractivity contribution < 1.29 is 8.42 Å². The van der Waals surface area contributed by atoms with Crippen LogP contribution in [0.1, 0.15) is 11.1 Å². The molecule has 5 nitrogen and oxygen atoms in total. The number of nitrogens with one attached hydrogen (secondary N) is 2. The zero-order valence-electron chi connectivity index (χ0n) is 9.56. The second-order valence-electron chi connectivity index (χ2n) is 3.92. The molecule has 0 radical (unpaired) electrons. The van der Waals surface area contributed by atoms with Gasteiger partial charge < -0.3 is 0 Å². The molecular weight excluding hydrogens is 238 g/mol. The van der Waals surface area contributed by atoms with E-state index in [0.717, 1.165) is 11.1 Å². The van der Waals surface area contributed by atoms with Crippen LogP contribution in [0, 0.1) is 13.8 Å². The van der Waals surface area contributed by atoms with Crippen molar-refractivity contribution in [2.75, 3.05) is 4.72 Å². The number of aryl methyl sites for hydroxylation is 2. The van der Waals surface area contributed by atoms with Gasteiger partial charge in [0, 0.05) is 11.9 Å². The molecule has 1 aromatic carbocycles. The number of rotatable bonds is 3. The molecule has 90 valence electrons. The standard InChI is InChI=1S/C11H13N3O2S/c1-8-3-9(2)5-10(4-8)14-17(15,16)11-6-12-13-7-11/h3-7,14H,1-2H3,(H,12,13). The van der Waals surface area contributed by atoms with E-state index in [1.807, 2.05) is 19.9 Å². The quantitative estimate of drug-likeness (QED) is 0.873. The van der Waals surface area contributed by atoms with Crippen molar-refractivity contribution in [3.63, 3.8) is 0 Å². The summed E-state index contributed by atoms with van der Waals surface area (Å²) in [4.78, 5) is 0.122. The monoisotopic (exact) mass is 251 g/mol. The van der Waals surface area contributed by atoms with Gasteiger partial charge in [-0.3, -0.25) is 9.82 Å². The van der Waals surface area contributed by atoms with Crippen LogP contribution in [0.25, 0.3) is 0 Å². The molecule has 0 bridgehead atoms. The van der Waals surface area contributed by atoms with Crippen molar-refractivity contribution in [2.45, 2.75) is 18.7 Å². The number of hydrogen-bond acceptors (Lipinski definition) is 3. The Bertz CT molecular complexity index is 598. The first-order valence-electron chi connectivity index (χ1n) is 5.07. The zero-order valence-corrected chi connectivity index (χ0v) is 10.4. The van der Waals surface area contributed by atoms with Crippen LogP contribution in [0.5, 0.6) is 0 Å². The maximum absolute atomic E-state index is 11.9. The Morgan fingerprint density at radius 2 is 1.82 bits per heavy atom. The molecule has 0 unspecified atom stereocenters. The summed E-state index contributed by atoms with van der Waals surface area (Å²) >= 11 is 0. The normalized spacial score (nSPS) is 11.4. The third-order valence-electron chi connectivity index (χ3n) is 2.26. The molecule has 2 aromatic rings. The van der Waals surface area contributed by atoms with Crippen molar-refractivity contribution in [3.05, 3.63) is 41.7 Å². The third-order valence-corrected chi connectivity index (χ3v) is 3.61. The van der Waals surface area contributed by atoms with E-state index in [9.17, 15) is 8.42 Å². The SMILES string of the molecule is Cc1cc(C)cc(NS(=O)(=O)c2cn[nH]c2)c1. The zero-order chi connectivity index (χ0) is 12.5. The molecule has 0 saturated heterocycles. The van der Waals surface area contributed by atoms with E-state index in [1.54, 1.807) is 12.1 Å². The van der Waals surface area contributed by atoms with E-state index in [4.69, 9.17) is 0 Å². The minimum absolute atomic E-state index is 0.122. The van der Waals surface area contributed by atoms with Gasteiger partial charge in [-0.25, -0.2) is 8.42 Å². The lowest BCUT2D eigenvalue weighted by Gasteiger charge is -2.08. The summed E-state index contributed by atoms with van der Waals surface area (Å²) in [6, 6.07) is 5.55. The average Bonchev–Trinajstić information content (AvgIpc) is 2.67. The summed E-state index contributed by atoms with van der Waals surface area (Å²) in [6.45, 7) is 3.84. The van der Waals surface area contributed by atoms with E-state index in [-0.39, 0.29) is 4.90 Å². The number of aromatic amines is 1. The van der Waals surface area contributed by atoms with Gasteiger partial charge in [0.25, 0.3) is 10.0 Å². The Morgan fingerprint density at radius 1 is 1.18 bits per heavy atom. The van der Waals surface area contributed by atoms with Gasteiger partial charge in [-0.05, 0) is 37.1 Å². The number of nitrogens with zero attached hydrogens (tertiary/aromatic N) is 1. The smallest absolute Gasteiger partial charge is 0.265 e. The lowest BCUT2D eigenvalue weighted by molar-refractivity contribution is 0.601. The molecule has 0 aliphatic carbocycles. The van der Waals surface area contributed by atoms with Gasteiger partial charge in [0.05, 0.1) is 6.20 Å². The molecule has 6 heteroatoms.